The van der Waals surface area contributed by atoms with Gasteiger partial charge in [-0.3, -0.25) is 0 Å². The Balaban J connectivity index is 2.30. The Morgan fingerprint density at radius 3 is 2.31 bits per heavy atom. The molecule has 1 amide bonds. The number of carbonyl (C=O) groups excluding carboxylic acids is 1. The van der Waals surface area contributed by atoms with Crippen molar-refractivity contribution in [3.05, 3.63) is 29.8 Å². The zero-order valence-electron chi connectivity index (χ0n) is 17.3. The molecule has 1 atom stereocenters. The lowest BCUT2D eigenvalue weighted by atomic mass is 9.87. The Morgan fingerprint density at radius 2 is 1.76 bits per heavy atom. The Hall–Kier alpha value is -1.77. The minimum absolute atomic E-state index is 0.167. The molecule has 0 aromatic heterocycles. The molecular formula is C20H28F3NO4S. The number of alkyl halides is 3. The van der Waals surface area contributed by atoms with Crippen molar-refractivity contribution >= 4 is 15.9 Å². The van der Waals surface area contributed by atoms with Gasteiger partial charge >= 0.3 is 12.3 Å². The van der Waals surface area contributed by atoms with Crippen LogP contribution < -0.4 is 0 Å². The molecule has 29 heavy (non-hydrogen) atoms. The lowest BCUT2D eigenvalue weighted by Crippen LogP contribution is -2.51. The molecule has 0 N–H and O–H groups in total. The zero-order valence-corrected chi connectivity index (χ0v) is 18.2. The van der Waals surface area contributed by atoms with Gasteiger partial charge in [-0.1, -0.05) is 6.07 Å². The number of likely N-dealkylation sites (tertiary alicyclic amines) is 1. The number of halogens is 3. The van der Waals surface area contributed by atoms with Crippen LogP contribution in [0.25, 0.3) is 0 Å². The second kappa shape index (κ2) is 7.81. The number of carbonyl (C=O) groups is 1. The molecule has 1 saturated heterocycles. The predicted molar refractivity (Wildman–Crippen MR) is 103 cm³/mol. The molecule has 2 rings (SSSR count). The number of piperidine rings is 1. The van der Waals surface area contributed by atoms with E-state index >= 15 is 0 Å². The quantitative estimate of drug-likeness (QED) is 0.677. The average Bonchev–Trinajstić information content (AvgIpc) is 2.59. The number of ether oxygens (including phenoxy) is 1. The van der Waals surface area contributed by atoms with Crippen LogP contribution in [-0.2, 0) is 20.8 Å². The van der Waals surface area contributed by atoms with Crippen molar-refractivity contribution in [2.24, 2.45) is 5.92 Å². The van der Waals surface area contributed by atoms with Crippen molar-refractivity contribution in [2.45, 2.75) is 68.9 Å². The van der Waals surface area contributed by atoms with Crippen LogP contribution in [-0.4, -0.2) is 42.8 Å². The van der Waals surface area contributed by atoms with Crippen molar-refractivity contribution in [3.8, 4) is 0 Å². The molecule has 9 heteroatoms. The van der Waals surface area contributed by atoms with E-state index in [0.29, 0.717) is 25.5 Å². The van der Waals surface area contributed by atoms with Gasteiger partial charge < -0.3 is 9.64 Å². The summed E-state index contributed by atoms with van der Waals surface area (Å²) in [6.45, 7) is 8.86. The van der Waals surface area contributed by atoms with Crippen LogP contribution in [0.1, 0.15) is 53.0 Å². The smallest absolute Gasteiger partial charge is 0.416 e. The van der Waals surface area contributed by atoms with E-state index in [2.05, 4.69) is 0 Å². The molecule has 5 nitrogen and oxygen atoms in total. The first-order valence-corrected chi connectivity index (χ1v) is 10.9. The Labute approximate surface area is 170 Å². The van der Waals surface area contributed by atoms with Crippen molar-refractivity contribution in [2.75, 3.05) is 13.1 Å². The number of hydrogen-bond acceptors (Lipinski definition) is 4. The van der Waals surface area contributed by atoms with Gasteiger partial charge in [0.1, 0.15) is 5.60 Å². The van der Waals surface area contributed by atoms with Crippen LogP contribution in [0, 0.1) is 5.92 Å². The van der Waals surface area contributed by atoms with Crippen LogP contribution in [0.5, 0.6) is 0 Å². The van der Waals surface area contributed by atoms with Crippen LogP contribution >= 0.6 is 0 Å². The third kappa shape index (κ3) is 5.24. The van der Waals surface area contributed by atoms with Crippen molar-refractivity contribution in [1.82, 2.24) is 4.90 Å². The normalized spacial score (nSPS) is 19.2. The largest absolute Gasteiger partial charge is 0.444 e. The molecule has 1 aliphatic heterocycles. The Morgan fingerprint density at radius 1 is 1.14 bits per heavy atom. The van der Waals surface area contributed by atoms with Gasteiger partial charge in [-0.15, -0.1) is 0 Å². The van der Waals surface area contributed by atoms with Gasteiger partial charge in [0.2, 0.25) is 0 Å². The fourth-order valence-electron chi connectivity index (χ4n) is 3.40. The topological polar surface area (TPSA) is 63.7 Å². The molecule has 0 saturated carbocycles. The summed E-state index contributed by atoms with van der Waals surface area (Å²) < 4.78 is 69.6. The summed E-state index contributed by atoms with van der Waals surface area (Å²) >= 11 is 0. The maximum absolute atomic E-state index is 13.2. The summed E-state index contributed by atoms with van der Waals surface area (Å²) in [5.74, 6) is -0.441. The standard InChI is InChI=1S/C20H28F3NO4S/c1-18(2,3)28-17(25)24-11-7-9-15(13-24)19(4,5)29(26,27)16-10-6-8-14(12-16)20(21,22)23/h6,8,10,12,15H,7,9,11,13H2,1-5H3. The zero-order chi connectivity index (χ0) is 22.3. The lowest BCUT2D eigenvalue weighted by molar-refractivity contribution is -0.137. The molecule has 0 radical (unpaired) electrons. The molecule has 164 valence electrons. The van der Waals surface area contributed by atoms with E-state index in [1.165, 1.54) is 24.8 Å². The van der Waals surface area contributed by atoms with E-state index < -0.39 is 43.9 Å². The number of sulfone groups is 1. The molecule has 0 aliphatic carbocycles. The lowest BCUT2D eigenvalue weighted by Gasteiger charge is -2.41. The second-order valence-corrected chi connectivity index (χ2v) is 11.4. The Kier molecular flexibility index (Phi) is 6.33. The first kappa shape index (κ1) is 23.5. The van der Waals surface area contributed by atoms with E-state index in [1.807, 2.05) is 0 Å². The first-order chi connectivity index (χ1) is 13.1. The fraction of sp³-hybridized carbons (Fsp3) is 0.650. The van der Waals surface area contributed by atoms with E-state index in [1.54, 1.807) is 20.8 Å². The van der Waals surface area contributed by atoms with Crippen molar-refractivity contribution < 1.29 is 31.1 Å². The molecular weight excluding hydrogens is 407 g/mol. The highest BCUT2D eigenvalue weighted by molar-refractivity contribution is 7.92. The van der Waals surface area contributed by atoms with Gasteiger partial charge in [-0.2, -0.15) is 13.2 Å². The van der Waals surface area contributed by atoms with E-state index in [4.69, 9.17) is 4.74 Å². The number of rotatable bonds is 3. The maximum Gasteiger partial charge on any atom is 0.416 e. The average molecular weight is 436 g/mol. The van der Waals surface area contributed by atoms with Gasteiger partial charge in [0, 0.05) is 13.1 Å². The van der Waals surface area contributed by atoms with Crippen LogP contribution in [0.4, 0.5) is 18.0 Å². The number of amides is 1. The van der Waals surface area contributed by atoms with E-state index in [-0.39, 0.29) is 11.4 Å². The molecule has 1 unspecified atom stereocenters. The second-order valence-electron chi connectivity index (χ2n) is 8.90. The molecule has 1 aliphatic rings. The first-order valence-electron chi connectivity index (χ1n) is 9.45. The van der Waals surface area contributed by atoms with E-state index in [9.17, 15) is 26.4 Å². The van der Waals surface area contributed by atoms with Gasteiger partial charge in [-0.25, -0.2) is 13.2 Å². The molecule has 1 aromatic rings. The highest BCUT2D eigenvalue weighted by atomic mass is 32.2. The number of benzene rings is 1. The summed E-state index contributed by atoms with van der Waals surface area (Å²) in [6, 6.07) is 3.79. The summed E-state index contributed by atoms with van der Waals surface area (Å²) in [7, 11) is -4.08. The third-order valence-electron chi connectivity index (χ3n) is 5.22. The minimum Gasteiger partial charge on any atom is -0.444 e. The molecule has 1 aromatic carbocycles. The van der Waals surface area contributed by atoms with Gasteiger partial charge in [0.15, 0.2) is 9.84 Å². The summed E-state index contributed by atoms with van der Waals surface area (Å²) in [6.07, 6.45) is -4.02. The minimum atomic E-state index is -4.63. The highest BCUT2D eigenvalue weighted by Crippen LogP contribution is 2.39. The van der Waals surface area contributed by atoms with Gasteiger partial charge in [0.25, 0.3) is 0 Å². The maximum atomic E-state index is 13.2. The fourth-order valence-corrected chi connectivity index (χ4v) is 5.18. The Bertz CT molecular complexity index is 857. The summed E-state index contributed by atoms with van der Waals surface area (Å²) in [5.41, 5.74) is -1.68. The van der Waals surface area contributed by atoms with Crippen LogP contribution in [0.15, 0.2) is 29.2 Å². The van der Waals surface area contributed by atoms with Crippen molar-refractivity contribution in [3.63, 3.8) is 0 Å². The molecule has 1 fully saturated rings. The molecule has 0 bridgehead atoms. The van der Waals surface area contributed by atoms with Crippen LogP contribution in [0.3, 0.4) is 0 Å². The van der Waals surface area contributed by atoms with Crippen LogP contribution in [0.2, 0.25) is 0 Å². The van der Waals surface area contributed by atoms with Crippen molar-refractivity contribution in [1.29, 1.82) is 0 Å². The number of nitrogens with zero attached hydrogens (tertiary/aromatic N) is 1. The monoisotopic (exact) mass is 435 g/mol. The molecule has 1 heterocycles. The summed E-state index contributed by atoms with van der Waals surface area (Å²) in [5, 5.41) is 0. The van der Waals surface area contributed by atoms with Gasteiger partial charge in [-0.05, 0) is 71.6 Å². The summed E-state index contributed by atoms with van der Waals surface area (Å²) in [4.78, 5) is 13.5. The number of hydrogen-bond donors (Lipinski definition) is 0. The molecule has 0 spiro atoms. The SMILES string of the molecule is CC(C)(C)OC(=O)N1CCCC(C(C)(C)S(=O)(=O)c2cccc(C(F)(F)F)c2)C1. The third-order valence-corrected chi connectivity index (χ3v) is 7.81. The highest BCUT2D eigenvalue weighted by Gasteiger charge is 2.46. The van der Waals surface area contributed by atoms with Gasteiger partial charge in [0.05, 0.1) is 15.2 Å². The van der Waals surface area contributed by atoms with E-state index in [0.717, 1.165) is 12.1 Å². The predicted octanol–water partition coefficient (Wildman–Crippen LogP) is 4.90.